The van der Waals surface area contributed by atoms with Crippen LogP contribution in [0.1, 0.15) is 22.5 Å². The molecule has 11 heteroatoms. The number of hydrogen-bond donors (Lipinski definition) is 3. The summed E-state index contributed by atoms with van der Waals surface area (Å²) in [6.45, 7) is 0. The van der Waals surface area contributed by atoms with Crippen molar-refractivity contribution in [3.8, 4) is 0 Å². The highest BCUT2D eigenvalue weighted by atomic mass is 35.5. The Morgan fingerprint density at radius 2 is 2.15 bits per heavy atom. The topological polar surface area (TPSA) is 100 Å². The van der Waals surface area contributed by atoms with Gasteiger partial charge in [-0.15, -0.1) is 23.4 Å². The van der Waals surface area contributed by atoms with Crippen LogP contribution in [0.5, 0.6) is 0 Å². The number of nitrogens with zero attached hydrogens (tertiary/aromatic N) is 2. The van der Waals surface area contributed by atoms with E-state index in [0.29, 0.717) is 16.2 Å². The van der Waals surface area contributed by atoms with Crippen LogP contribution < -0.4 is 5.32 Å². The standard InChI is InChI=1S/C16H12ClF3N4O3/c17-11-3-1-2-10(8-11)9-4-6-15(7-5-9,27-16(18,19)20)21-13-12(14(25)26)22-24-23-13/h1-6,8H,7H2,(H,25,26)(H2,21,22,23,24). The Morgan fingerprint density at radius 1 is 1.37 bits per heavy atom. The smallest absolute Gasteiger partial charge is 0.476 e. The molecule has 0 amide bonds. The molecule has 0 bridgehead atoms. The number of carboxylic acids is 1. The molecule has 1 aliphatic carbocycles. The average molecular weight is 401 g/mol. The van der Waals surface area contributed by atoms with Gasteiger partial charge in [-0.3, -0.25) is 4.74 Å². The van der Waals surface area contributed by atoms with Crippen molar-refractivity contribution in [2.45, 2.75) is 18.5 Å². The van der Waals surface area contributed by atoms with Crippen molar-refractivity contribution < 1.29 is 27.8 Å². The highest BCUT2D eigenvalue weighted by Gasteiger charge is 2.43. The van der Waals surface area contributed by atoms with E-state index in [4.69, 9.17) is 16.7 Å². The zero-order valence-corrected chi connectivity index (χ0v) is 14.2. The molecular weight excluding hydrogens is 389 g/mol. The van der Waals surface area contributed by atoms with Crippen molar-refractivity contribution in [2.24, 2.45) is 0 Å². The average Bonchev–Trinajstić information content (AvgIpc) is 3.02. The van der Waals surface area contributed by atoms with E-state index in [1.807, 2.05) is 0 Å². The van der Waals surface area contributed by atoms with E-state index in [1.165, 1.54) is 12.2 Å². The van der Waals surface area contributed by atoms with E-state index < -0.39 is 23.8 Å². The van der Waals surface area contributed by atoms with E-state index in [2.05, 4.69) is 25.5 Å². The molecule has 1 unspecified atom stereocenters. The molecule has 142 valence electrons. The molecule has 1 atom stereocenters. The van der Waals surface area contributed by atoms with E-state index >= 15 is 0 Å². The lowest BCUT2D eigenvalue weighted by atomic mass is 9.94. The molecule has 7 nitrogen and oxygen atoms in total. The van der Waals surface area contributed by atoms with Gasteiger partial charge in [0.1, 0.15) is 0 Å². The highest BCUT2D eigenvalue weighted by molar-refractivity contribution is 6.30. The summed E-state index contributed by atoms with van der Waals surface area (Å²) in [4.78, 5) is 11.1. The quantitative estimate of drug-likeness (QED) is 0.659. The van der Waals surface area contributed by atoms with Gasteiger partial charge in [-0.05, 0) is 29.3 Å². The van der Waals surface area contributed by atoms with Crippen LogP contribution >= 0.6 is 11.6 Å². The van der Waals surface area contributed by atoms with Crippen LogP contribution in [0.15, 0.2) is 42.5 Å². The Bertz CT molecular complexity index is 926. The number of anilines is 1. The summed E-state index contributed by atoms with van der Waals surface area (Å²) in [5, 5.41) is 20.9. The van der Waals surface area contributed by atoms with Gasteiger partial charge in [-0.2, -0.15) is 5.21 Å². The zero-order valence-electron chi connectivity index (χ0n) is 13.4. The van der Waals surface area contributed by atoms with Crippen molar-refractivity contribution in [1.82, 2.24) is 15.4 Å². The Balaban J connectivity index is 1.91. The lowest BCUT2D eigenvalue weighted by Crippen LogP contribution is -2.44. The first kappa shape index (κ1) is 18.9. The second kappa shape index (κ2) is 7.05. The zero-order chi connectivity index (χ0) is 19.7. The number of ether oxygens (including phenoxy) is 1. The van der Waals surface area contributed by atoms with Gasteiger partial charge in [0.25, 0.3) is 0 Å². The van der Waals surface area contributed by atoms with Gasteiger partial charge in [-0.1, -0.05) is 35.9 Å². The summed E-state index contributed by atoms with van der Waals surface area (Å²) >= 11 is 5.94. The van der Waals surface area contributed by atoms with Crippen molar-refractivity contribution in [3.05, 3.63) is 58.8 Å². The molecular formula is C16H12ClF3N4O3. The van der Waals surface area contributed by atoms with Crippen LogP contribution in [0.4, 0.5) is 19.0 Å². The minimum Gasteiger partial charge on any atom is -0.476 e. The summed E-state index contributed by atoms with van der Waals surface area (Å²) in [6, 6.07) is 6.82. The number of carboxylic acid groups (broad SMARTS) is 1. The number of aromatic amines is 1. The Hall–Kier alpha value is -2.85. The van der Waals surface area contributed by atoms with Crippen LogP contribution in [-0.2, 0) is 4.74 Å². The predicted molar refractivity (Wildman–Crippen MR) is 90.0 cm³/mol. The van der Waals surface area contributed by atoms with Gasteiger partial charge in [0.2, 0.25) is 5.69 Å². The Morgan fingerprint density at radius 3 is 2.74 bits per heavy atom. The van der Waals surface area contributed by atoms with E-state index in [9.17, 15) is 18.0 Å². The van der Waals surface area contributed by atoms with Gasteiger partial charge in [0.15, 0.2) is 11.5 Å². The molecule has 0 aliphatic heterocycles. The first-order valence-electron chi connectivity index (χ1n) is 7.52. The van der Waals surface area contributed by atoms with Gasteiger partial charge in [0.05, 0.1) is 0 Å². The third kappa shape index (κ3) is 4.47. The molecule has 0 saturated carbocycles. The summed E-state index contributed by atoms with van der Waals surface area (Å²) in [7, 11) is 0. The summed E-state index contributed by atoms with van der Waals surface area (Å²) in [5.41, 5.74) is -1.29. The molecule has 27 heavy (non-hydrogen) atoms. The van der Waals surface area contributed by atoms with Gasteiger partial charge >= 0.3 is 12.3 Å². The van der Waals surface area contributed by atoms with Crippen LogP contribution in [0.25, 0.3) is 5.57 Å². The maximum absolute atomic E-state index is 13.0. The van der Waals surface area contributed by atoms with Crippen LogP contribution in [-0.4, -0.2) is 38.6 Å². The number of benzene rings is 1. The lowest BCUT2D eigenvalue weighted by Gasteiger charge is -2.33. The molecule has 1 heterocycles. The molecule has 0 radical (unpaired) electrons. The maximum Gasteiger partial charge on any atom is 0.524 e. The summed E-state index contributed by atoms with van der Waals surface area (Å²) in [6.07, 6.45) is -1.14. The van der Waals surface area contributed by atoms with Gasteiger partial charge < -0.3 is 10.4 Å². The largest absolute Gasteiger partial charge is 0.524 e. The van der Waals surface area contributed by atoms with E-state index in [-0.39, 0.29) is 12.2 Å². The number of H-pyrrole nitrogens is 1. The molecule has 1 aromatic heterocycles. The molecule has 0 saturated heterocycles. The number of rotatable bonds is 5. The minimum absolute atomic E-state index is 0.253. The summed E-state index contributed by atoms with van der Waals surface area (Å²) < 4.78 is 43.1. The van der Waals surface area contributed by atoms with Crippen molar-refractivity contribution >= 4 is 29.0 Å². The molecule has 2 aromatic rings. The first-order chi connectivity index (χ1) is 12.7. The fourth-order valence-electron chi connectivity index (χ4n) is 2.57. The number of nitrogens with one attached hydrogen (secondary N) is 2. The Labute approximate surface area is 155 Å². The molecule has 3 rings (SSSR count). The van der Waals surface area contributed by atoms with Crippen LogP contribution in [0.3, 0.4) is 0 Å². The SMILES string of the molecule is O=C(O)c1n[nH]nc1NC1(OC(F)(F)F)C=CC(c2cccc(Cl)c2)=CC1. The predicted octanol–water partition coefficient (Wildman–Crippen LogP) is 3.84. The van der Waals surface area contributed by atoms with Gasteiger partial charge in [0, 0.05) is 11.4 Å². The number of aromatic nitrogens is 3. The number of carbonyl (C=O) groups is 1. The fourth-order valence-corrected chi connectivity index (χ4v) is 2.76. The molecule has 0 spiro atoms. The van der Waals surface area contributed by atoms with Crippen LogP contribution in [0, 0.1) is 0 Å². The number of halogens is 4. The highest BCUT2D eigenvalue weighted by Crippen LogP contribution is 2.36. The number of alkyl halides is 3. The monoisotopic (exact) mass is 400 g/mol. The number of hydrogen-bond acceptors (Lipinski definition) is 5. The second-order valence-electron chi connectivity index (χ2n) is 5.60. The van der Waals surface area contributed by atoms with Crippen molar-refractivity contribution in [3.63, 3.8) is 0 Å². The number of aromatic carboxylic acids is 1. The van der Waals surface area contributed by atoms with E-state index in [0.717, 1.165) is 6.08 Å². The van der Waals surface area contributed by atoms with Crippen molar-refractivity contribution in [2.75, 3.05) is 5.32 Å². The fraction of sp³-hybridized carbons (Fsp3) is 0.188. The van der Waals surface area contributed by atoms with Gasteiger partial charge in [-0.25, -0.2) is 4.79 Å². The maximum atomic E-state index is 13.0. The van der Waals surface area contributed by atoms with Crippen molar-refractivity contribution in [1.29, 1.82) is 0 Å². The number of allylic oxidation sites excluding steroid dienone is 2. The second-order valence-corrected chi connectivity index (χ2v) is 6.03. The molecule has 3 N–H and O–H groups in total. The molecule has 0 fully saturated rings. The normalized spacial score (nSPS) is 19.6. The Kier molecular flexibility index (Phi) is 4.94. The molecule has 1 aromatic carbocycles. The lowest BCUT2D eigenvalue weighted by molar-refractivity contribution is -0.353. The third-order valence-electron chi connectivity index (χ3n) is 3.69. The summed E-state index contributed by atoms with van der Waals surface area (Å²) in [5.74, 6) is -1.83. The van der Waals surface area contributed by atoms with E-state index in [1.54, 1.807) is 24.3 Å². The first-order valence-corrected chi connectivity index (χ1v) is 7.90. The molecule has 1 aliphatic rings. The third-order valence-corrected chi connectivity index (χ3v) is 3.93. The minimum atomic E-state index is -4.98. The van der Waals surface area contributed by atoms with Crippen LogP contribution in [0.2, 0.25) is 5.02 Å².